The Kier molecular flexibility index (Phi) is 33.0. The summed E-state index contributed by atoms with van der Waals surface area (Å²) in [7, 11) is -4.64. The van der Waals surface area contributed by atoms with Crippen molar-refractivity contribution >= 4 is 19.8 Å². The van der Waals surface area contributed by atoms with E-state index in [1.165, 1.54) is 51.4 Å². The van der Waals surface area contributed by atoms with Crippen LogP contribution in [0.3, 0.4) is 0 Å². The van der Waals surface area contributed by atoms with Gasteiger partial charge in [0.15, 0.2) is 6.10 Å². The van der Waals surface area contributed by atoms with Gasteiger partial charge >= 0.3 is 19.8 Å². The molecule has 322 valence electrons. The third-order valence-corrected chi connectivity index (χ3v) is 10.0. The molecule has 0 spiro atoms. The van der Waals surface area contributed by atoms with Crippen LogP contribution < -0.4 is 0 Å². The minimum Gasteiger partial charge on any atom is -0.462 e. The summed E-state index contributed by atoms with van der Waals surface area (Å²) < 4.78 is 38.3. The minimum absolute atomic E-state index is 0.0984. The zero-order valence-electron chi connectivity index (χ0n) is 34.5. The van der Waals surface area contributed by atoms with Crippen LogP contribution in [0.4, 0.5) is 0 Å². The molecule has 12 heteroatoms. The lowest BCUT2D eigenvalue weighted by Gasteiger charge is -2.20. The lowest BCUT2D eigenvalue weighted by molar-refractivity contribution is -0.161. The maximum atomic E-state index is 12.6. The fraction of sp³-hybridized carbons (Fsp3) is 0.727. The van der Waals surface area contributed by atoms with Gasteiger partial charge in [-0.3, -0.25) is 18.6 Å². The minimum atomic E-state index is -4.64. The van der Waals surface area contributed by atoms with Gasteiger partial charge in [0.05, 0.1) is 32.0 Å². The molecule has 0 aliphatic carbocycles. The van der Waals surface area contributed by atoms with E-state index in [1.807, 2.05) is 12.2 Å². The molecule has 1 heterocycles. The standard InChI is InChI=1S/C44H75O11P/c1-3-5-7-8-9-10-11-12-13-14-15-19-22-25-29-33-43(47)51-37-40(38-53-56(49,50)52-36-39(46)35-45)54-44(48)34-30-26-23-20-17-16-18-21-24-28-32-42-41(55-42)31-27-6-4-2/h10-13,16,18,20,23-24,28,39-42,45-46H,3-9,14-15,17,19,21-22,25-27,29-38H2,1-2H3,(H,49,50)/b11-10-,13-12-,18-16-,23-20-,28-24-/t39-,40+,41?,42?/m0/s1. The summed E-state index contributed by atoms with van der Waals surface area (Å²) in [4.78, 5) is 35.0. The predicted octanol–water partition coefficient (Wildman–Crippen LogP) is 10.1. The van der Waals surface area contributed by atoms with Crippen molar-refractivity contribution in [1.29, 1.82) is 0 Å². The number of phosphoric acid groups is 1. The zero-order valence-corrected chi connectivity index (χ0v) is 35.4. The molecule has 0 bridgehead atoms. The Bertz CT molecular complexity index is 1180. The van der Waals surface area contributed by atoms with E-state index in [-0.39, 0.29) is 19.4 Å². The third-order valence-electron chi connectivity index (χ3n) is 9.10. The van der Waals surface area contributed by atoms with Gasteiger partial charge in [0.2, 0.25) is 0 Å². The molecule has 0 aromatic rings. The van der Waals surface area contributed by atoms with Gasteiger partial charge in [0.1, 0.15) is 12.7 Å². The molecule has 3 unspecified atom stereocenters. The average Bonchev–Trinajstić information content (AvgIpc) is 3.94. The maximum Gasteiger partial charge on any atom is 0.472 e. The van der Waals surface area contributed by atoms with Gasteiger partial charge < -0.3 is 29.3 Å². The first-order valence-electron chi connectivity index (χ1n) is 21.4. The first kappa shape index (κ1) is 51.6. The van der Waals surface area contributed by atoms with Crippen molar-refractivity contribution in [2.75, 3.05) is 26.4 Å². The van der Waals surface area contributed by atoms with Crippen LogP contribution in [-0.4, -0.2) is 77.9 Å². The number of hydrogen-bond donors (Lipinski definition) is 3. The van der Waals surface area contributed by atoms with E-state index in [9.17, 15) is 24.2 Å². The molecule has 1 aliphatic rings. The Labute approximate surface area is 338 Å². The Balaban J connectivity index is 2.31. The Morgan fingerprint density at radius 3 is 1.93 bits per heavy atom. The first-order chi connectivity index (χ1) is 27.2. The van der Waals surface area contributed by atoms with Crippen molar-refractivity contribution in [3.63, 3.8) is 0 Å². The second-order valence-electron chi connectivity index (χ2n) is 14.4. The highest BCUT2D eigenvalue weighted by atomic mass is 31.2. The van der Waals surface area contributed by atoms with Crippen LogP contribution in [-0.2, 0) is 37.4 Å². The Morgan fingerprint density at radius 2 is 1.23 bits per heavy atom. The number of unbranched alkanes of at least 4 members (excludes halogenated alkanes) is 12. The number of phosphoric ester groups is 1. The maximum absolute atomic E-state index is 12.6. The van der Waals surface area contributed by atoms with Crippen LogP contribution in [0.15, 0.2) is 60.8 Å². The largest absolute Gasteiger partial charge is 0.472 e. The number of ether oxygens (including phenoxy) is 3. The van der Waals surface area contributed by atoms with E-state index >= 15 is 0 Å². The van der Waals surface area contributed by atoms with E-state index in [0.29, 0.717) is 31.5 Å². The van der Waals surface area contributed by atoms with Gasteiger partial charge in [0, 0.05) is 12.8 Å². The number of rotatable bonds is 38. The molecule has 0 amide bonds. The van der Waals surface area contributed by atoms with Crippen molar-refractivity contribution < 1.29 is 52.5 Å². The van der Waals surface area contributed by atoms with Gasteiger partial charge in [-0.2, -0.15) is 0 Å². The smallest absolute Gasteiger partial charge is 0.462 e. The number of aliphatic hydroxyl groups is 2. The monoisotopic (exact) mass is 811 g/mol. The van der Waals surface area contributed by atoms with E-state index in [4.69, 9.17) is 23.8 Å². The molecule has 56 heavy (non-hydrogen) atoms. The van der Waals surface area contributed by atoms with Crippen molar-refractivity contribution in [2.45, 2.75) is 180 Å². The molecule has 3 N–H and O–H groups in total. The summed E-state index contributed by atoms with van der Waals surface area (Å²) in [6.07, 6.45) is 40.8. The van der Waals surface area contributed by atoms with Crippen molar-refractivity contribution in [3.05, 3.63) is 60.8 Å². The van der Waals surface area contributed by atoms with E-state index < -0.39 is 51.8 Å². The molecule has 1 fully saturated rings. The molecule has 0 aromatic carbocycles. The number of carbonyl (C=O) groups excluding carboxylic acids is 2. The van der Waals surface area contributed by atoms with Gasteiger partial charge in [-0.25, -0.2) is 4.57 Å². The summed E-state index contributed by atoms with van der Waals surface area (Å²) in [5.74, 6) is -1.02. The fourth-order valence-corrected chi connectivity index (χ4v) is 6.45. The molecule has 11 nitrogen and oxygen atoms in total. The topological polar surface area (TPSA) is 161 Å². The highest BCUT2D eigenvalue weighted by Gasteiger charge is 2.36. The number of allylic oxidation sites excluding steroid dienone is 9. The van der Waals surface area contributed by atoms with Crippen LogP contribution in [0.1, 0.15) is 155 Å². The van der Waals surface area contributed by atoms with Crippen molar-refractivity contribution in [2.24, 2.45) is 0 Å². The van der Waals surface area contributed by atoms with Gasteiger partial charge in [0.25, 0.3) is 0 Å². The lowest BCUT2D eigenvalue weighted by Crippen LogP contribution is -2.29. The summed E-state index contributed by atoms with van der Waals surface area (Å²) in [6, 6.07) is 0. The van der Waals surface area contributed by atoms with E-state index in [0.717, 1.165) is 57.8 Å². The van der Waals surface area contributed by atoms with Gasteiger partial charge in [-0.15, -0.1) is 0 Å². The summed E-state index contributed by atoms with van der Waals surface area (Å²) in [6.45, 7) is 2.22. The highest BCUT2D eigenvalue weighted by Crippen LogP contribution is 2.43. The van der Waals surface area contributed by atoms with Gasteiger partial charge in [-0.1, -0.05) is 132 Å². The molecule has 1 saturated heterocycles. The second kappa shape index (κ2) is 35.8. The van der Waals surface area contributed by atoms with Crippen LogP contribution in [0.25, 0.3) is 0 Å². The summed E-state index contributed by atoms with van der Waals surface area (Å²) in [5, 5.41) is 18.3. The van der Waals surface area contributed by atoms with Crippen LogP contribution >= 0.6 is 7.82 Å². The van der Waals surface area contributed by atoms with Crippen molar-refractivity contribution in [3.8, 4) is 0 Å². The van der Waals surface area contributed by atoms with Crippen molar-refractivity contribution in [1.82, 2.24) is 0 Å². The zero-order chi connectivity index (χ0) is 41.0. The molecular weight excluding hydrogens is 735 g/mol. The third kappa shape index (κ3) is 32.7. The number of aliphatic hydroxyl groups excluding tert-OH is 2. The Hall–Kier alpha value is -2.37. The molecular formula is C44H75O11P. The SMILES string of the molecule is CCCCCC/C=C\C=C/CCCCCCCC(=O)OC[C@H](COP(=O)(O)OC[C@@H](O)CO)OC(=O)CCC/C=C\C/C=C\C/C=C\CC1OC1CCCCC. The number of esters is 2. The van der Waals surface area contributed by atoms with E-state index in [1.54, 1.807) is 0 Å². The molecule has 0 saturated carbocycles. The lowest BCUT2D eigenvalue weighted by atomic mass is 10.1. The van der Waals surface area contributed by atoms with E-state index in [2.05, 4.69) is 67.0 Å². The molecule has 1 aliphatic heterocycles. The second-order valence-corrected chi connectivity index (χ2v) is 15.9. The van der Waals surface area contributed by atoms with Crippen LogP contribution in [0, 0.1) is 0 Å². The number of hydrogen-bond acceptors (Lipinski definition) is 10. The molecule has 0 radical (unpaired) electrons. The fourth-order valence-electron chi connectivity index (χ4n) is 5.66. The molecule has 1 rings (SSSR count). The average molecular weight is 811 g/mol. The normalized spacial score (nSPS) is 18.1. The highest BCUT2D eigenvalue weighted by molar-refractivity contribution is 7.47. The molecule has 0 aromatic heterocycles. The first-order valence-corrected chi connectivity index (χ1v) is 22.9. The summed E-state index contributed by atoms with van der Waals surface area (Å²) in [5.41, 5.74) is 0. The molecule has 5 atom stereocenters. The number of epoxide rings is 1. The van der Waals surface area contributed by atoms with Crippen LogP contribution in [0.5, 0.6) is 0 Å². The van der Waals surface area contributed by atoms with Gasteiger partial charge in [-0.05, 0) is 70.6 Å². The van der Waals surface area contributed by atoms with Crippen LogP contribution in [0.2, 0.25) is 0 Å². The predicted molar refractivity (Wildman–Crippen MR) is 223 cm³/mol. The summed E-state index contributed by atoms with van der Waals surface area (Å²) >= 11 is 0. The quantitative estimate of drug-likeness (QED) is 0.0136. The Morgan fingerprint density at radius 1 is 0.661 bits per heavy atom. The number of carbonyl (C=O) groups is 2.